The van der Waals surface area contributed by atoms with Gasteiger partial charge in [0.15, 0.2) is 0 Å². The van der Waals surface area contributed by atoms with E-state index in [1.807, 2.05) is 20.8 Å². The van der Waals surface area contributed by atoms with Crippen LogP contribution in [-0.4, -0.2) is 133 Å². The Morgan fingerprint density at radius 1 is 0.575 bits per heavy atom. The Morgan fingerprint density at radius 3 is 1.19 bits per heavy atom. The molecular formula is C49H68BrN11O19. The molecule has 0 bridgehead atoms. The van der Waals surface area contributed by atoms with Crippen molar-refractivity contribution in [3.63, 3.8) is 0 Å². The second kappa shape index (κ2) is 29.6. The Bertz CT molecular complexity index is 3230. The molecule has 0 aliphatic carbocycles. The number of nitrogens with one attached hydrogen (secondary N) is 4. The predicted octanol–water partition coefficient (Wildman–Crippen LogP) is 0.783. The molecule has 31 heteroatoms. The van der Waals surface area contributed by atoms with Crippen LogP contribution < -0.4 is 45.0 Å². The number of azide groups is 1. The second-order valence-corrected chi connectivity index (χ2v) is 19.9. The maximum absolute atomic E-state index is 12.0. The number of rotatable bonds is 15. The van der Waals surface area contributed by atoms with Gasteiger partial charge in [0.1, 0.15) is 43.2 Å². The summed E-state index contributed by atoms with van der Waals surface area (Å²) in [6.45, 7) is 11.9. The first-order chi connectivity index (χ1) is 38.0. The van der Waals surface area contributed by atoms with Crippen LogP contribution in [0.25, 0.3) is 10.4 Å². The lowest BCUT2D eigenvalue weighted by Gasteiger charge is -2.16. The maximum Gasteiger partial charge on any atom is 0.330 e. The summed E-state index contributed by atoms with van der Waals surface area (Å²) in [7, 11) is 0. The number of aromatic nitrogens is 8. The molecule has 0 radical (unpaired) electrons. The van der Waals surface area contributed by atoms with Gasteiger partial charge in [-0.15, -0.1) is 0 Å². The molecule has 7 N–H and O–H groups in total. The number of hydrogen-bond acceptors (Lipinski definition) is 20. The molecule has 4 aliphatic rings. The van der Waals surface area contributed by atoms with E-state index in [0.717, 1.165) is 0 Å². The van der Waals surface area contributed by atoms with Crippen LogP contribution in [0, 0.1) is 27.7 Å². The molecule has 4 saturated heterocycles. The average Bonchev–Trinajstić information content (AvgIpc) is 4.21. The minimum absolute atomic E-state index is 0.0145. The number of carbonyl (C=O) groups is 2. The standard InChI is InChI=1S/C14H19BrN2O5.C14H19N5O5.C11H16N2O4.C10H14N2O5/c1-3-9-10(22-12(18)4-5-15)6-11(21-9)17-7-8(2)13(19)16-14(17)20;1-3-9-10(24-12(20)4-5-16-18-15)6-11(23-9)19-7-8(2)13(21)17-14(19)22;1-3-8-7(14)4-9(17-8)13-5-6(2)10(15)12-11(13)16;1-5-3-12(10(16)11-9(5)15)8-2-6(14)7(4-13)17-8/h7,9-11H,3-6H2,1-2H3,(H,16,19,20);7,9-11H,3-6H2,1-2H3,(H,17,21,22);5,7-9,14H,3-4H2,1-2H3,(H,12,15,16);3,6-8,13-14H,2,4H2,1H3,(H,11,15,16)/t2*9-,10-,11-;7-,8-,9-;6-,7-,8-/m1111/s1. The molecule has 12 atom stereocenters. The van der Waals surface area contributed by atoms with E-state index in [-0.39, 0.29) is 62.8 Å². The van der Waals surface area contributed by atoms with E-state index in [2.05, 4.69) is 45.9 Å². The summed E-state index contributed by atoms with van der Waals surface area (Å²) in [6.07, 6.45) is 3.10. The Labute approximate surface area is 462 Å². The number of esters is 2. The number of H-pyrrole nitrogens is 4. The third kappa shape index (κ3) is 16.6. The SMILES string of the molecule is CC[C@H]1O[C@@H](n2cc(C)c(=O)[nH]c2=O)C[C@H]1O.CC[C@H]1O[C@@H](n2cc(C)c(=O)[nH]c2=O)C[C@H]1OC(=O)CCBr.CC[C@H]1O[C@@H](n2cc(C)c(=O)[nH]c2=O)C[C@H]1OC(=O)CCN=[N+]=[N-].Cc1cn([C@H]2C[C@@H](O)[C@@H](CO)O2)c(=O)[nH]c1=O. The number of hydrogen-bond donors (Lipinski definition) is 7. The van der Waals surface area contributed by atoms with E-state index in [0.29, 0.717) is 66.1 Å². The van der Waals surface area contributed by atoms with Gasteiger partial charge in [0.05, 0.1) is 50.0 Å². The van der Waals surface area contributed by atoms with Gasteiger partial charge in [0, 0.05) is 89.5 Å². The summed E-state index contributed by atoms with van der Waals surface area (Å²) < 4.78 is 38.5. The summed E-state index contributed by atoms with van der Waals surface area (Å²) in [5.41, 5.74) is 5.98. The number of ether oxygens (including phenoxy) is 6. The van der Waals surface area contributed by atoms with Crippen LogP contribution in [0.1, 0.15) is 126 Å². The molecule has 0 amide bonds. The summed E-state index contributed by atoms with van der Waals surface area (Å²) in [5.74, 6) is -0.783. The van der Waals surface area contributed by atoms with Crippen molar-refractivity contribution in [2.45, 2.75) is 180 Å². The summed E-state index contributed by atoms with van der Waals surface area (Å²) >= 11 is 3.19. The molecule has 440 valence electrons. The molecule has 30 nitrogen and oxygen atoms in total. The molecule has 4 aromatic rings. The van der Waals surface area contributed by atoms with E-state index < -0.39 is 100 Å². The number of aryl methyl sites for hydroxylation is 4. The number of halogens is 1. The quantitative estimate of drug-likeness (QED) is 0.0284. The fraction of sp³-hybridized carbons (Fsp3) is 0.633. The van der Waals surface area contributed by atoms with Crippen molar-refractivity contribution in [1.29, 1.82) is 0 Å². The monoisotopic (exact) mass is 1190 g/mol. The Kier molecular flexibility index (Phi) is 23.7. The van der Waals surface area contributed by atoms with Crippen molar-refractivity contribution < 1.29 is 53.3 Å². The highest BCUT2D eigenvalue weighted by Crippen LogP contribution is 2.34. The molecule has 80 heavy (non-hydrogen) atoms. The fourth-order valence-electron chi connectivity index (χ4n) is 8.94. The molecule has 0 spiro atoms. The molecule has 0 aromatic carbocycles. The highest BCUT2D eigenvalue weighted by molar-refractivity contribution is 9.09. The topological polar surface area (TPSA) is 418 Å². The molecule has 0 unspecified atom stereocenters. The van der Waals surface area contributed by atoms with E-state index >= 15 is 0 Å². The van der Waals surface area contributed by atoms with Gasteiger partial charge in [-0.2, -0.15) is 0 Å². The summed E-state index contributed by atoms with van der Waals surface area (Å²) in [5, 5.41) is 32.1. The third-order valence-electron chi connectivity index (χ3n) is 13.3. The Balaban J connectivity index is 0.000000198. The highest BCUT2D eigenvalue weighted by Gasteiger charge is 2.40. The third-order valence-corrected chi connectivity index (χ3v) is 13.7. The largest absolute Gasteiger partial charge is 0.459 e. The van der Waals surface area contributed by atoms with Crippen molar-refractivity contribution in [1.82, 2.24) is 38.2 Å². The van der Waals surface area contributed by atoms with E-state index in [1.54, 1.807) is 27.7 Å². The molecule has 4 fully saturated rings. The number of nitrogens with zero attached hydrogens (tertiary/aromatic N) is 7. The lowest BCUT2D eigenvalue weighted by Crippen LogP contribution is -2.33. The second-order valence-electron chi connectivity index (χ2n) is 19.1. The first kappa shape index (κ1) is 64.0. The van der Waals surface area contributed by atoms with Crippen molar-refractivity contribution in [2.24, 2.45) is 5.11 Å². The van der Waals surface area contributed by atoms with Crippen LogP contribution in [0.15, 0.2) is 68.3 Å². The number of aliphatic hydroxyl groups is 3. The van der Waals surface area contributed by atoms with Crippen LogP contribution >= 0.6 is 15.9 Å². The van der Waals surface area contributed by atoms with E-state index in [4.69, 9.17) is 39.1 Å². The van der Waals surface area contributed by atoms with E-state index in [9.17, 15) is 58.2 Å². The first-order valence-electron chi connectivity index (χ1n) is 25.8. The van der Waals surface area contributed by atoms with Gasteiger partial charge in [0.25, 0.3) is 22.2 Å². The van der Waals surface area contributed by atoms with Crippen molar-refractivity contribution in [2.75, 3.05) is 18.5 Å². The van der Waals surface area contributed by atoms with Crippen LogP contribution in [0.5, 0.6) is 0 Å². The lowest BCUT2D eigenvalue weighted by atomic mass is 10.1. The van der Waals surface area contributed by atoms with Gasteiger partial charge in [0.2, 0.25) is 0 Å². The van der Waals surface area contributed by atoms with E-state index in [1.165, 1.54) is 43.1 Å². The van der Waals surface area contributed by atoms with Gasteiger partial charge in [-0.05, 0) is 52.5 Å². The fourth-order valence-corrected chi connectivity index (χ4v) is 9.26. The van der Waals surface area contributed by atoms with Gasteiger partial charge in [-0.3, -0.25) is 67.0 Å². The van der Waals surface area contributed by atoms with Gasteiger partial charge < -0.3 is 43.7 Å². The maximum atomic E-state index is 12.0. The van der Waals surface area contributed by atoms with Crippen molar-refractivity contribution in [3.8, 4) is 0 Å². The van der Waals surface area contributed by atoms with Crippen LogP contribution in [-0.2, 0) is 38.0 Å². The van der Waals surface area contributed by atoms with Gasteiger partial charge in [-0.1, -0.05) is 41.8 Å². The predicted molar refractivity (Wildman–Crippen MR) is 285 cm³/mol. The Hall–Kier alpha value is -6.83. The lowest BCUT2D eigenvalue weighted by molar-refractivity contribution is -0.152. The zero-order valence-electron chi connectivity index (χ0n) is 45.1. The first-order valence-corrected chi connectivity index (χ1v) is 26.9. The van der Waals surface area contributed by atoms with Crippen molar-refractivity contribution >= 4 is 27.9 Å². The summed E-state index contributed by atoms with van der Waals surface area (Å²) in [6, 6.07) is 0. The Morgan fingerprint density at radius 2 is 0.887 bits per heavy atom. The normalized spacial score (nSPS) is 25.7. The van der Waals surface area contributed by atoms with Crippen molar-refractivity contribution in [3.05, 3.63) is 141 Å². The zero-order valence-corrected chi connectivity index (χ0v) is 46.7. The van der Waals surface area contributed by atoms with Crippen LogP contribution in [0.3, 0.4) is 0 Å². The molecule has 4 aromatic heterocycles. The van der Waals surface area contributed by atoms with Gasteiger partial charge >= 0.3 is 34.7 Å². The van der Waals surface area contributed by atoms with Crippen LogP contribution in [0.4, 0.5) is 0 Å². The average molecular weight is 1200 g/mol. The molecular weight excluding hydrogens is 1130 g/mol. The number of aliphatic hydroxyl groups excluding tert-OH is 3. The number of alkyl halides is 1. The minimum Gasteiger partial charge on any atom is -0.459 e. The minimum atomic E-state index is -0.816. The number of aromatic amines is 4. The smallest absolute Gasteiger partial charge is 0.330 e. The molecule has 8 heterocycles. The molecule has 0 saturated carbocycles. The zero-order chi connectivity index (χ0) is 59.1. The summed E-state index contributed by atoms with van der Waals surface area (Å²) in [4.78, 5) is 127. The molecule has 4 aliphatic heterocycles. The van der Waals surface area contributed by atoms with Crippen LogP contribution in [0.2, 0.25) is 0 Å². The van der Waals surface area contributed by atoms with Gasteiger partial charge in [-0.25, -0.2) is 19.2 Å². The highest BCUT2D eigenvalue weighted by atomic mass is 79.9. The number of carbonyl (C=O) groups excluding carboxylic acids is 2. The molecule has 8 rings (SSSR count).